The largest absolute Gasteiger partial charge is 0.356 e. The Balaban J connectivity index is 1.47. The van der Waals surface area contributed by atoms with Gasteiger partial charge in [0.25, 0.3) is 0 Å². The highest BCUT2D eigenvalue weighted by molar-refractivity contribution is 6.00. The number of carbonyl (C=O) groups excluding carboxylic acids is 2. The van der Waals surface area contributed by atoms with Crippen molar-refractivity contribution >= 4 is 17.5 Å². The Hall–Kier alpha value is -2.62. The normalized spacial score (nSPS) is 16.9. The van der Waals surface area contributed by atoms with E-state index in [1.54, 1.807) is 4.90 Å². The minimum Gasteiger partial charge on any atom is -0.356 e. The van der Waals surface area contributed by atoms with E-state index in [-0.39, 0.29) is 17.7 Å². The molecule has 1 heterocycles. The molecule has 0 aliphatic carbocycles. The number of hydrogen-bond donors (Lipinski definition) is 1. The Labute approximate surface area is 148 Å². The number of rotatable bonds is 6. The quantitative estimate of drug-likeness (QED) is 0.824. The minimum absolute atomic E-state index is 0.0171. The highest BCUT2D eigenvalue weighted by Gasteiger charge is 2.34. The third kappa shape index (κ3) is 4.47. The van der Waals surface area contributed by atoms with Gasteiger partial charge in [-0.2, -0.15) is 0 Å². The molecule has 3 rings (SSSR count). The van der Waals surface area contributed by atoms with Gasteiger partial charge in [-0.1, -0.05) is 42.5 Å². The summed E-state index contributed by atoms with van der Waals surface area (Å²) in [7, 11) is 0. The molecule has 130 valence electrons. The van der Waals surface area contributed by atoms with E-state index in [9.17, 15) is 9.59 Å². The van der Waals surface area contributed by atoms with Gasteiger partial charge in [-0.05, 0) is 43.0 Å². The SMILES string of the molecule is Cc1cccc(N2C[C@H](C(=O)NCCCc3ccccc3)CC2=O)c1. The molecule has 0 aromatic heterocycles. The number of nitrogens with zero attached hydrogens (tertiary/aromatic N) is 1. The van der Waals surface area contributed by atoms with Crippen LogP contribution in [-0.2, 0) is 16.0 Å². The lowest BCUT2D eigenvalue weighted by molar-refractivity contribution is -0.126. The lowest BCUT2D eigenvalue weighted by Crippen LogP contribution is -2.33. The maximum atomic E-state index is 12.4. The summed E-state index contributed by atoms with van der Waals surface area (Å²) in [5, 5.41) is 2.98. The first kappa shape index (κ1) is 17.2. The zero-order valence-corrected chi connectivity index (χ0v) is 14.6. The van der Waals surface area contributed by atoms with Crippen LogP contribution in [0, 0.1) is 12.8 Å². The van der Waals surface area contributed by atoms with Gasteiger partial charge in [-0.3, -0.25) is 9.59 Å². The van der Waals surface area contributed by atoms with Gasteiger partial charge < -0.3 is 10.2 Å². The van der Waals surface area contributed by atoms with Gasteiger partial charge >= 0.3 is 0 Å². The monoisotopic (exact) mass is 336 g/mol. The van der Waals surface area contributed by atoms with E-state index >= 15 is 0 Å². The highest BCUT2D eigenvalue weighted by atomic mass is 16.2. The van der Waals surface area contributed by atoms with Gasteiger partial charge in [0.15, 0.2) is 0 Å². The fourth-order valence-corrected chi connectivity index (χ4v) is 3.22. The second-order valence-electron chi connectivity index (χ2n) is 6.62. The zero-order chi connectivity index (χ0) is 17.6. The molecule has 25 heavy (non-hydrogen) atoms. The minimum atomic E-state index is -0.260. The first-order valence-corrected chi connectivity index (χ1v) is 8.82. The molecule has 4 nitrogen and oxygen atoms in total. The van der Waals surface area contributed by atoms with Gasteiger partial charge in [-0.15, -0.1) is 0 Å². The highest BCUT2D eigenvalue weighted by Crippen LogP contribution is 2.25. The summed E-state index contributed by atoms with van der Waals surface area (Å²) in [6, 6.07) is 18.1. The van der Waals surface area contributed by atoms with Crippen molar-refractivity contribution in [2.45, 2.75) is 26.2 Å². The summed E-state index contributed by atoms with van der Waals surface area (Å²) in [5.74, 6) is -0.253. The van der Waals surface area contributed by atoms with Crippen molar-refractivity contribution in [1.82, 2.24) is 5.32 Å². The molecule has 0 bridgehead atoms. The topological polar surface area (TPSA) is 49.4 Å². The smallest absolute Gasteiger partial charge is 0.227 e. The fourth-order valence-electron chi connectivity index (χ4n) is 3.22. The van der Waals surface area contributed by atoms with Crippen LogP contribution in [0.5, 0.6) is 0 Å². The summed E-state index contributed by atoms with van der Waals surface area (Å²) in [5.41, 5.74) is 3.27. The number of aryl methyl sites for hydroxylation is 2. The van der Waals surface area contributed by atoms with E-state index in [0.29, 0.717) is 19.5 Å². The van der Waals surface area contributed by atoms with Crippen LogP contribution in [0.15, 0.2) is 54.6 Å². The van der Waals surface area contributed by atoms with E-state index in [2.05, 4.69) is 17.4 Å². The molecule has 1 N–H and O–H groups in total. The third-order valence-electron chi connectivity index (χ3n) is 4.59. The number of benzene rings is 2. The fraction of sp³-hybridized carbons (Fsp3) is 0.333. The Morgan fingerprint density at radius 2 is 1.96 bits per heavy atom. The molecule has 1 aliphatic rings. The van der Waals surface area contributed by atoms with Gasteiger partial charge in [-0.25, -0.2) is 0 Å². The second-order valence-corrected chi connectivity index (χ2v) is 6.62. The van der Waals surface area contributed by atoms with Crippen molar-refractivity contribution in [3.8, 4) is 0 Å². The molecule has 0 radical (unpaired) electrons. The van der Waals surface area contributed by atoms with Crippen LogP contribution in [-0.4, -0.2) is 24.9 Å². The van der Waals surface area contributed by atoms with Crippen LogP contribution >= 0.6 is 0 Å². The predicted molar refractivity (Wildman–Crippen MR) is 99.4 cm³/mol. The van der Waals surface area contributed by atoms with Crippen molar-refractivity contribution in [2.75, 3.05) is 18.0 Å². The van der Waals surface area contributed by atoms with Crippen molar-refractivity contribution in [1.29, 1.82) is 0 Å². The van der Waals surface area contributed by atoms with Crippen molar-refractivity contribution in [3.63, 3.8) is 0 Å². The number of carbonyl (C=O) groups is 2. The molecule has 2 amide bonds. The van der Waals surface area contributed by atoms with Gasteiger partial charge in [0, 0.05) is 25.2 Å². The van der Waals surface area contributed by atoms with Crippen LogP contribution in [0.4, 0.5) is 5.69 Å². The molecule has 2 aromatic rings. The van der Waals surface area contributed by atoms with E-state index in [4.69, 9.17) is 0 Å². The molecular weight excluding hydrogens is 312 g/mol. The van der Waals surface area contributed by atoms with Crippen LogP contribution in [0.3, 0.4) is 0 Å². The number of hydrogen-bond acceptors (Lipinski definition) is 2. The average Bonchev–Trinajstić information content (AvgIpc) is 3.01. The molecule has 0 spiro atoms. The van der Waals surface area contributed by atoms with Crippen molar-refractivity contribution < 1.29 is 9.59 Å². The van der Waals surface area contributed by atoms with Crippen molar-refractivity contribution in [3.05, 3.63) is 65.7 Å². The Morgan fingerprint density at radius 3 is 2.72 bits per heavy atom. The first-order valence-electron chi connectivity index (χ1n) is 8.82. The Bertz CT molecular complexity index is 743. The van der Waals surface area contributed by atoms with E-state index in [0.717, 1.165) is 24.1 Å². The predicted octanol–water partition coefficient (Wildman–Crippen LogP) is 3.10. The standard InChI is InChI=1S/C21H24N2O2/c1-16-7-5-11-19(13-16)23-15-18(14-20(23)24)21(25)22-12-6-10-17-8-3-2-4-9-17/h2-5,7-9,11,13,18H,6,10,12,14-15H2,1H3,(H,22,25)/t18-/m1/s1. The maximum Gasteiger partial charge on any atom is 0.227 e. The molecule has 0 saturated carbocycles. The number of nitrogens with one attached hydrogen (secondary N) is 1. The van der Waals surface area contributed by atoms with Gasteiger partial charge in [0.1, 0.15) is 0 Å². The van der Waals surface area contributed by atoms with Gasteiger partial charge in [0.05, 0.1) is 5.92 Å². The summed E-state index contributed by atoms with van der Waals surface area (Å²) in [6.45, 7) is 3.11. The average molecular weight is 336 g/mol. The lowest BCUT2D eigenvalue weighted by Gasteiger charge is -2.17. The first-order chi connectivity index (χ1) is 12.1. The zero-order valence-electron chi connectivity index (χ0n) is 14.6. The van der Waals surface area contributed by atoms with Crippen molar-refractivity contribution in [2.24, 2.45) is 5.92 Å². The summed E-state index contributed by atoms with van der Waals surface area (Å²) in [4.78, 5) is 26.3. The molecule has 1 fully saturated rings. The van der Waals surface area contributed by atoms with Crippen LogP contribution in [0.25, 0.3) is 0 Å². The van der Waals surface area contributed by atoms with Crippen LogP contribution in [0.2, 0.25) is 0 Å². The molecular formula is C21H24N2O2. The molecule has 4 heteroatoms. The molecule has 1 saturated heterocycles. The molecule has 1 aliphatic heterocycles. The van der Waals surface area contributed by atoms with E-state index in [1.165, 1.54) is 5.56 Å². The van der Waals surface area contributed by atoms with E-state index < -0.39 is 0 Å². The second kappa shape index (κ2) is 7.97. The summed E-state index contributed by atoms with van der Waals surface area (Å²) >= 11 is 0. The van der Waals surface area contributed by atoms with Crippen LogP contribution < -0.4 is 10.2 Å². The van der Waals surface area contributed by atoms with Gasteiger partial charge in [0.2, 0.25) is 11.8 Å². The molecule has 2 aromatic carbocycles. The van der Waals surface area contributed by atoms with Crippen LogP contribution in [0.1, 0.15) is 24.0 Å². The molecule has 0 unspecified atom stereocenters. The number of anilines is 1. The maximum absolute atomic E-state index is 12.4. The summed E-state index contributed by atoms with van der Waals surface area (Å²) < 4.78 is 0. The lowest BCUT2D eigenvalue weighted by atomic mass is 10.1. The van der Waals surface area contributed by atoms with E-state index in [1.807, 2.05) is 49.4 Å². The third-order valence-corrected chi connectivity index (χ3v) is 4.59. The molecule has 1 atom stereocenters. The summed E-state index contributed by atoms with van der Waals surface area (Å²) in [6.07, 6.45) is 2.14. The Kier molecular flexibility index (Phi) is 5.49. The Morgan fingerprint density at radius 1 is 1.16 bits per heavy atom. The number of amides is 2.